The van der Waals surface area contributed by atoms with E-state index in [0.717, 1.165) is 0 Å². The second-order valence-electron chi connectivity index (χ2n) is 5.77. The predicted molar refractivity (Wildman–Crippen MR) is 105 cm³/mol. The van der Waals surface area contributed by atoms with Gasteiger partial charge in [-0.3, -0.25) is 4.79 Å². The van der Waals surface area contributed by atoms with Crippen molar-refractivity contribution < 1.29 is 14.3 Å². The van der Waals surface area contributed by atoms with Gasteiger partial charge in [0.25, 0.3) is 5.91 Å². The third-order valence-corrected chi connectivity index (χ3v) is 4.24. The Morgan fingerprint density at radius 3 is 2.82 bits per heavy atom. The molecule has 0 saturated heterocycles. The zero-order valence-electron chi connectivity index (χ0n) is 14.6. The predicted octanol–water partition coefficient (Wildman–Crippen LogP) is 3.40. The zero-order valence-corrected chi connectivity index (χ0v) is 15.4. The van der Waals surface area contributed by atoms with Gasteiger partial charge in [0.1, 0.15) is 11.5 Å². The van der Waals surface area contributed by atoms with Crippen LogP contribution >= 0.6 is 11.6 Å². The van der Waals surface area contributed by atoms with Crippen molar-refractivity contribution in [3.63, 3.8) is 0 Å². The zero-order chi connectivity index (χ0) is 19.3. The van der Waals surface area contributed by atoms with Crippen molar-refractivity contribution >= 4 is 35.0 Å². The van der Waals surface area contributed by atoms with Gasteiger partial charge in [-0.1, -0.05) is 29.8 Å². The summed E-state index contributed by atoms with van der Waals surface area (Å²) in [5.41, 5.74) is 1.15. The van der Waals surface area contributed by atoms with Gasteiger partial charge in [-0.2, -0.15) is 4.98 Å². The Balaban J connectivity index is 1.40. The highest BCUT2D eigenvalue weighted by Gasteiger charge is 2.21. The fourth-order valence-electron chi connectivity index (χ4n) is 2.60. The van der Waals surface area contributed by atoms with Crippen LogP contribution in [0.5, 0.6) is 11.5 Å². The Hall–Kier alpha value is -3.52. The molecule has 0 fully saturated rings. The summed E-state index contributed by atoms with van der Waals surface area (Å²) < 4.78 is 10.8. The average molecular weight is 398 g/mol. The summed E-state index contributed by atoms with van der Waals surface area (Å²) in [6, 6.07) is 14.1. The highest BCUT2D eigenvalue weighted by molar-refractivity contribution is 6.33. The third-order valence-electron chi connectivity index (χ3n) is 3.93. The molecule has 3 aromatic rings. The monoisotopic (exact) mass is 397 g/mol. The van der Waals surface area contributed by atoms with Crippen LogP contribution in [0.3, 0.4) is 0 Å². The van der Waals surface area contributed by atoms with E-state index in [0.29, 0.717) is 39.5 Å². The molecule has 1 amide bonds. The number of carbonyl (C=O) groups excluding carboxylic acids is 1. The van der Waals surface area contributed by atoms with Gasteiger partial charge in [0.2, 0.25) is 12.7 Å². The van der Waals surface area contributed by atoms with Crippen LogP contribution in [-0.2, 0) is 0 Å². The first-order valence-corrected chi connectivity index (χ1v) is 8.84. The van der Waals surface area contributed by atoms with E-state index in [1.165, 1.54) is 0 Å². The van der Waals surface area contributed by atoms with Crippen LogP contribution in [0.4, 0.5) is 17.5 Å². The average Bonchev–Trinajstić information content (AvgIpc) is 3.20. The molecular weight excluding hydrogens is 382 g/mol. The van der Waals surface area contributed by atoms with Crippen molar-refractivity contribution in [3.8, 4) is 11.5 Å². The second-order valence-corrected chi connectivity index (χ2v) is 6.18. The second kappa shape index (κ2) is 8.01. The van der Waals surface area contributed by atoms with Gasteiger partial charge < -0.3 is 25.4 Å². The summed E-state index contributed by atoms with van der Waals surface area (Å²) in [7, 11) is 0. The van der Waals surface area contributed by atoms with Gasteiger partial charge in [0.05, 0.1) is 11.7 Å². The molecule has 0 aliphatic carbocycles. The molecule has 0 radical (unpaired) electrons. The van der Waals surface area contributed by atoms with Crippen molar-refractivity contribution in [1.29, 1.82) is 0 Å². The highest BCUT2D eigenvalue weighted by Crippen LogP contribution is 2.44. The van der Waals surface area contributed by atoms with Crippen molar-refractivity contribution in [1.82, 2.24) is 15.3 Å². The number of anilines is 3. The molecule has 4 rings (SSSR count). The van der Waals surface area contributed by atoms with Crippen molar-refractivity contribution in [2.45, 2.75) is 0 Å². The van der Waals surface area contributed by atoms with E-state index in [1.807, 2.05) is 6.07 Å². The Bertz CT molecular complexity index is 1000. The molecule has 28 heavy (non-hydrogen) atoms. The van der Waals surface area contributed by atoms with E-state index >= 15 is 0 Å². The minimum Gasteiger partial charge on any atom is -0.454 e. The quantitative estimate of drug-likeness (QED) is 0.548. The Labute approximate surface area is 165 Å². The lowest BCUT2D eigenvalue weighted by Crippen LogP contribution is -2.29. The smallest absolute Gasteiger partial charge is 0.252 e. The van der Waals surface area contributed by atoms with Gasteiger partial charge >= 0.3 is 0 Å². The van der Waals surface area contributed by atoms with Gasteiger partial charge in [-0.05, 0) is 30.3 Å². The number of benzene rings is 2. The van der Waals surface area contributed by atoms with E-state index in [9.17, 15) is 4.79 Å². The fourth-order valence-corrected chi connectivity index (χ4v) is 2.80. The van der Waals surface area contributed by atoms with Crippen molar-refractivity contribution in [3.05, 3.63) is 65.3 Å². The Morgan fingerprint density at radius 1 is 1.11 bits per heavy atom. The van der Waals surface area contributed by atoms with Gasteiger partial charge in [-0.15, -0.1) is 0 Å². The molecule has 0 saturated carbocycles. The van der Waals surface area contributed by atoms with Gasteiger partial charge in [0.15, 0.2) is 11.5 Å². The number of aromatic nitrogens is 2. The molecule has 0 atom stereocenters. The first-order valence-electron chi connectivity index (χ1n) is 8.46. The lowest BCUT2D eigenvalue weighted by Gasteiger charge is -2.12. The molecular formula is C19H16ClN5O3. The number of hydrogen-bond acceptors (Lipinski definition) is 7. The van der Waals surface area contributed by atoms with Gasteiger partial charge in [-0.25, -0.2) is 4.98 Å². The van der Waals surface area contributed by atoms with Crippen molar-refractivity contribution in [2.75, 3.05) is 24.1 Å². The number of ether oxygens (including phenoxy) is 2. The third kappa shape index (κ3) is 3.91. The molecule has 2 heterocycles. The summed E-state index contributed by atoms with van der Waals surface area (Å²) in [4.78, 5) is 20.6. The number of fused-ring (bicyclic) bond motifs is 1. The number of rotatable bonds is 6. The molecule has 1 aliphatic rings. The summed E-state index contributed by atoms with van der Waals surface area (Å²) in [6.45, 7) is 0.317. The topological polar surface area (TPSA) is 97.4 Å². The van der Waals surface area contributed by atoms with E-state index in [2.05, 4.69) is 25.9 Å². The summed E-state index contributed by atoms with van der Waals surface area (Å²) in [5, 5.41) is 9.31. The maximum atomic E-state index is 12.0. The maximum Gasteiger partial charge on any atom is 0.252 e. The maximum absolute atomic E-state index is 12.0. The molecule has 0 bridgehead atoms. The van der Waals surface area contributed by atoms with Crippen LogP contribution in [0.2, 0.25) is 5.02 Å². The first kappa shape index (κ1) is 17.9. The lowest BCUT2D eigenvalue weighted by atomic mass is 10.2. The molecule has 8 nitrogen and oxygen atoms in total. The number of nitrogens with one attached hydrogen (secondary N) is 3. The molecule has 0 spiro atoms. The van der Waals surface area contributed by atoms with E-state index in [-0.39, 0.29) is 19.4 Å². The number of halogens is 1. The normalized spacial score (nSPS) is 11.8. The number of nitrogens with zero attached hydrogens (tertiary/aromatic N) is 2. The van der Waals surface area contributed by atoms with Crippen LogP contribution < -0.4 is 25.4 Å². The van der Waals surface area contributed by atoms with Crippen LogP contribution in [0.25, 0.3) is 0 Å². The molecule has 1 aromatic heterocycles. The molecule has 9 heteroatoms. The minimum absolute atomic E-state index is 0.141. The Morgan fingerprint density at radius 2 is 1.96 bits per heavy atom. The number of hydrogen-bond donors (Lipinski definition) is 3. The lowest BCUT2D eigenvalue weighted by molar-refractivity contribution is 0.0956. The van der Waals surface area contributed by atoms with Crippen LogP contribution in [0.15, 0.2) is 54.7 Å². The van der Waals surface area contributed by atoms with Crippen molar-refractivity contribution in [2.24, 2.45) is 0 Å². The molecule has 142 valence electrons. The molecule has 0 unspecified atom stereocenters. The minimum atomic E-state index is -0.189. The van der Waals surface area contributed by atoms with Crippen LogP contribution in [0.1, 0.15) is 10.4 Å². The molecule has 3 N–H and O–H groups in total. The standard InChI is InChI=1S/C19H16ClN5O3/c20-13-6-7-14-17(28-11-27-14)16(13)24-15-8-9-21-19(25-15)23-10-22-18(26)12-4-2-1-3-5-12/h1-9H,10-11H2,(H,22,26)(H2,21,23,24,25). The highest BCUT2D eigenvalue weighted by atomic mass is 35.5. The number of carbonyl (C=O) groups is 1. The van der Waals surface area contributed by atoms with E-state index in [1.54, 1.807) is 48.7 Å². The molecule has 2 aromatic carbocycles. The summed E-state index contributed by atoms with van der Waals surface area (Å²) in [6.07, 6.45) is 1.59. The van der Waals surface area contributed by atoms with Crippen LogP contribution in [-0.4, -0.2) is 29.3 Å². The fraction of sp³-hybridized carbons (Fsp3) is 0.105. The molecule has 1 aliphatic heterocycles. The largest absolute Gasteiger partial charge is 0.454 e. The first-order chi connectivity index (χ1) is 13.7. The Kier molecular flexibility index (Phi) is 5.11. The SMILES string of the molecule is O=C(NCNc1nccc(Nc2c(Cl)ccc3c2OCO3)n1)c1ccccc1. The van der Waals surface area contributed by atoms with Gasteiger partial charge in [0, 0.05) is 11.8 Å². The summed E-state index contributed by atoms with van der Waals surface area (Å²) >= 11 is 6.27. The van der Waals surface area contributed by atoms with Crippen LogP contribution in [0, 0.1) is 0 Å². The van der Waals surface area contributed by atoms with E-state index in [4.69, 9.17) is 21.1 Å². The summed E-state index contributed by atoms with van der Waals surface area (Å²) in [5.74, 6) is 1.82. The number of amides is 1. The van der Waals surface area contributed by atoms with E-state index < -0.39 is 0 Å².